The predicted octanol–water partition coefficient (Wildman–Crippen LogP) is 2.00. The average molecular weight is 348 g/mol. The Morgan fingerprint density at radius 2 is 1.83 bits per heavy atom. The van der Waals surface area contributed by atoms with Crippen LogP contribution in [0, 0.1) is 0 Å². The van der Waals surface area contributed by atoms with E-state index in [0.29, 0.717) is 31.0 Å². The molecule has 0 heterocycles. The smallest absolute Gasteiger partial charge is 0.251 e. The first-order valence-corrected chi connectivity index (χ1v) is 9.31. The van der Waals surface area contributed by atoms with Crippen molar-refractivity contribution in [2.45, 2.75) is 6.61 Å². The number of carbonyl (C=O) groups excluding carboxylic acids is 1. The fraction of sp³-hybridized carbons (Fsp3) is 0.235. The highest BCUT2D eigenvalue weighted by molar-refractivity contribution is 7.92. The number of carbonyl (C=O) groups is 1. The minimum Gasteiger partial charge on any atom is -0.375 e. The predicted molar refractivity (Wildman–Crippen MR) is 93.3 cm³/mol. The molecular weight excluding hydrogens is 328 g/mol. The van der Waals surface area contributed by atoms with E-state index in [1.807, 2.05) is 30.3 Å². The maximum absolute atomic E-state index is 12.1. The molecule has 0 saturated heterocycles. The Bertz CT molecular complexity index is 776. The third kappa shape index (κ3) is 6.39. The lowest BCUT2D eigenvalue weighted by Crippen LogP contribution is -2.27. The van der Waals surface area contributed by atoms with Gasteiger partial charge in [-0.15, -0.1) is 0 Å². The van der Waals surface area contributed by atoms with Gasteiger partial charge in [0, 0.05) is 17.8 Å². The van der Waals surface area contributed by atoms with E-state index in [9.17, 15) is 13.2 Å². The molecule has 0 saturated carbocycles. The summed E-state index contributed by atoms with van der Waals surface area (Å²) in [6.45, 7) is 1.25. The van der Waals surface area contributed by atoms with Gasteiger partial charge in [0.15, 0.2) is 0 Å². The van der Waals surface area contributed by atoms with Crippen LogP contribution in [-0.2, 0) is 21.4 Å². The number of anilines is 1. The summed E-state index contributed by atoms with van der Waals surface area (Å²) in [5, 5.41) is 2.73. The van der Waals surface area contributed by atoms with Crippen molar-refractivity contribution in [2.75, 3.05) is 24.1 Å². The minimum absolute atomic E-state index is 0.282. The van der Waals surface area contributed by atoms with E-state index in [1.165, 1.54) is 6.07 Å². The van der Waals surface area contributed by atoms with E-state index in [-0.39, 0.29) is 5.91 Å². The molecule has 1 amide bonds. The van der Waals surface area contributed by atoms with Gasteiger partial charge in [-0.3, -0.25) is 9.52 Å². The summed E-state index contributed by atoms with van der Waals surface area (Å²) >= 11 is 0. The molecule has 0 unspecified atom stereocenters. The van der Waals surface area contributed by atoms with Gasteiger partial charge in [-0.25, -0.2) is 8.42 Å². The molecule has 2 aromatic carbocycles. The minimum atomic E-state index is -3.37. The second-order valence-electron chi connectivity index (χ2n) is 5.25. The van der Waals surface area contributed by atoms with E-state index >= 15 is 0 Å². The van der Waals surface area contributed by atoms with Gasteiger partial charge in [-0.1, -0.05) is 36.4 Å². The molecule has 128 valence electrons. The lowest BCUT2D eigenvalue weighted by atomic mass is 10.2. The standard InChI is InChI=1S/C17H20N2O4S/c1-24(21,22)19-16-9-5-8-15(12-16)17(20)18-10-11-23-13-14-6-3-2-4-7-14/h2-9,12,19H,10-11,13H2,1H3,(H,18,20). The van der Waals surface area contributed by atoms with Gasteiger partial charge in [0.25, 0.3) is 5.91 Å². The molecule has 0 aliphatic heterocycles. The van der Waals surface area contributed by atoms with Crippen LogP contribution in [0.5, 0.6) is 0 Å². The van der Waals surface area contributed by atoms with Crippen molar-refractivity contribution in [3.05, 3.63) is 65.7 Å². The third-order valence-corrected chi connectivity index (χ3v) is 3.68. The van der Waals surface area contributed by atoms with Crippen LogP contribution >= 0.6 is 0 Å². The third-order valence-electron chi connectivity index (χ3n) is 3.07. The first-order valence-electron chi connectivity index (χ1n) is 7.42. The fourth-order valence-corrected chi connectivity index (χ4v) is 2.60. The SMILES string of the molecule is CS(=O)(=O)Nc1cccc(C(=O)NCCOCc2ccccc2)c1. The topological polar surface area (TPSA) is 84.5 Å². The molecular formula is C17H20N2O4S. The molecule has 2 rings (SSSR count). The molecule has 7 heteroatoms. The molecule has 0 fully saturated rings. The number of hydrogen-bond donors (Lipinski definition) is 2. The van der Waals surface area contributed by atoms with Crippen LogP contribution in [0.4, 0.5) is 5.69 Å². The number of hydrogen-bond acceptors (Lipinski definition) is 4. The summed E-state index contributed by atoms with van der Waals surface area (Å²) in [5.74, 6) is -0.282. The van der Waals surface area contributed by atoms with Crippen molar-refractivity contribution in [3.8, 4) is 0 Å². The van der Waals surface area contributed by atoms with Crippen molar-refractivity contribution >= 4 is 21.6 Å². The van der Waals surface area contributed by atoms with E-state index in [1.54, 1.807) is 18.2 Å². The fourth-order valence-electron chi connectivity index (χ4n) is 2.04. The van der Waals surface area contributed by atoms with Crippen LogP contribution in [0.2, 0.25) is 0 Å². The molecule has 0 aliphatic rings. The lowest BCUT2D eigenvalue weighted by Gasteiger charge is -2.08. The summed E-state index contributed by atoms with van der Waals surface area (Å²) in [4.78, 5) is 12.1. The van der Waals surface area contributed by atoms with Crippen molar-refractivity contribution in [3.63, 3.8) is 0 Å². The van der Waals surface area contributed by atoms with Crippen LogP contribution in [0.1, 0.15) is 15.9 Å². The van der Waals surface area contributed by atoms with Crippen molar-refractivity contribution in [2.24, 2.45) is 0 Å². The van der Waals surface area contributed by atoms with Crippen LogP contribution in [0.15, 0.2) is 54.6 Å². The second kappa shape index (κ2) is 8.47. The average Bonchev–Trinajstić information content (AvgIpc) is 2.54. The van der Waals surface area contributed by atoms with Gasteiger partial charge in [-0.05, 0) is 23.8 Å². The van der Waals surface area contributed by atoms with Crippen molar-refractivity contribution in [1.29, 1.82) is 0 Å². The number of rotatable bonds is 8. The van der Waals surface area contributed by atoms with E-state index < -0.39 is 10.0 Å². The molecule has 0 spiro atoms. The maximum Gasteiger partial charge on any atom is 0.251 e. The van der Waals surface area contributed by atoms with E-state index in [0.717, 1.165) is 11.8 Å². The van der Waals surface area contributed by atoms with Crippen LogP contribution in [-0.4, -0.2) is 33.7 Å². The summed E-state index contributed by atoms with van der Waals surface area (Å²) in [7, 11) is -3.37. The molecule has 24 heavy (non-hydrogen) atoms. The Hall–Kier alpha value is -2.38. The quantitative estimate of drug-likeness (QED) is 0.715. The molecule has 0 atom stereocenters. The lowest BCUT2D eigenvalue weighted by molar-refractivity contribution is 0.0901. The number of ether oxygens (including phenoxy) is 1. The Balaban J connectivity index is 1.77. The Kier molecular flexibility index (Phi) is 6.34. The zero-order valence-corrected chi connectivity index (χ0v) is 14.2. The zero-order valence-electron chi connectivity index (χ0n) is 13.4. The van der Waals surface area contributed by atoms with Crippen LogP contribution in [0.3, 0.4) is 0 Å². The Labute approximate surface area is 141 Å². The Morgan fingerprint density at radius 3 is 2.54 bits per heavy atom. The first kappa shape index (κ1) is 18.0. The van der Waals surface area contributed by atoms with Gasteiger partial charge >= 0.3 is 0 Å². The number of sulfonamides is 1. The summed E-state index contributed by atoms with van der Waals surface area (Å²) in [6, 6.07) is 16.1. The summed E-state index contributed by atoms with van der Waals surface area (Å²) in [5.41, 5.74) is 1.81. The summed E-state index contributed by atoms with van der Waals surface area (Å²) in [6.07, 6.45) is 1.06. The van der Waals surface area contributed by atoms with Gasteiger partial charge in [-0.2, -0.15) is 0 Å². The maximum atomic E-state index is 12.1. The van der Waals surface area contributed by atoms with Crippen molar-refractivity contribution < 1.29 is 17.9 Å². The zero-order chi connectivity index (χ0) is 17.4. The van der Waals surface area contributed by atoms with E-state index in [4.69, 9.17) is 4.74 Å². The summed E-state index contributed by atoms with van der Waals surface area (Å²) < 4.78 is 30.3. The number of amides is 1. The van der Waals surface area contributed by atoms with Crippen LogP contribution in [0.25, 0.3) is 0 Å². The van der Waals surface area contributed by atoms with E-state index in [2.05, 4.69) is 10.0 Å². The first-order chi connectivity index (χ1) is 11.4. The van der Waals surface area contributed by atoms with Crippen molar-refractivity contribution in [1.82, 2.24) is 5.32 Å². The largest absolute Gasteiger partial charge is 0.375 e. The number of nitrogens with one attached hydrogen (secondary N) is 2. The second-order valence-corrected chi connectivity index (χ2v) is 7.00. The molecule has 0 aromatic heterocycles. The molecule has 0 aliphatic carbocycles. The monoisotopic (exact) mass is 348 g/mol. The molecule has 2 N–H and O–H groups in total. The number of benzene rings is 2. The van der Waals surface area contributed by atoms with Crippen LogP contribution < -0.4 is 10.0 Å². The normalized spacial score (nSPS) is 11.0. The highest BCUT2D eigenvalue weighted by Crippen LogP contribution is 2.11. The van der Waals surface area contributed by atoms with Gasteiger partial charge in [0.1, 0.15) is 0 Å². The molecule has 0 bridgehead atoms. The van der Waals surface area contributed by atoms with Gasteiger partial charge in [0.2, 0.25) is 10.0 Å². The molecule has 2 aromatic rings. The molecule has 6 nitrogen and oxygen atoms in total. The van der Waals surface area contributed by atoms with Gasteiger partial charge in [0.05, 0.1) is 19.5 Å². The highest BCUT2D eigenvalue weighted by Gasteiger charge is 2.07. The Morgan fingerprint density at radius 1 is 1.08 bits per heavy atom. The molecule has 0 radical (unpaired) electrons. The highest BCUT2D eigenvalue weighted by atomic mass is 32.2. The van der Waals surface area contributed by atoms with Gasteiger partial charge < -0.3 is 10.1 Å².